The summed E-state index contributed by atoms with van der Waals surface area (Å²) in [4.78, 5) is 6.46. The van der Waals surface area contributed by atoms with E-state index < -0.39 is 0 Å². The summed E-state index contributed by atoms with van der Waals surface area (Å²) in [6.45, 7) is 6.22. The smallest absolute Gasteiger partial charge is 0.133 e. The molecule has 1 fully saturated rings. The second-order valence-electron chi connectivity index (χ2n) is 4.97. The van der Waals surface area contributed by atoms with Crippen LogP contribution in [0.5, 0.6) is 11.5 Å². The number of hydrogen-bond acceptors (Lipinski definition) is 4. The van der Waals surface area contributed by atoms with Gasteiger partial charge in [0.2, 0.25) is 0 Å². The summed E-state index contributed by atoms with van der Waals surface area (Å²) in [5.41, 5.74) is 2.30. The normalized spacial score (nSPS) is 15.2. The molecule has 1 aromatic carbocycles. The molecule has 0 spiro atoms. The maximum absolute atomic E-state index is 5.88. The first-order valence-electron chi connectivity index (χ1n) is 6.97. The van der Waals surface area contributed by atoms with Crippen molar-refractivity contribution in [1.29, 1.82) is 0 Å². The predicted molar refractivity (Wildman–Crippen MR) is 80.6 cm³/mol. The highest BCUT2D eigenvalue weighted by molar-refractivity contribution is 5.50. The number of hydrogen-bond donors (Lipinski definition) is 1. The molecule has 1 N–H and O–H groups in total. The lowest BCUT2D eigenvalue weighted by molar-refractivity contribution is 0.478. The van der Waals surface area contributed by atoms with Gasteiger partial charge in [-0.25, -0.2) is 0 Å². The number of nitrogens with one attached hydrogen (secondary N) is 1. The lowest BCUT2D eigenvalue weighted by atomic mass is 10.2. The molecule has 20 heavy (non-hydrogen) atoms. The number of piperazine rings is 1. The summed E-state index contributed by atoms with van der Waals surface area (Å²) in [6.07, 6.45) is 3.56. The zero-order valence-corrected chi connectivity index (χ0v) is 11.7. The molecule has 0 amide bonds. The maximum Gasteiger partial charge on any atom is 0.133 e. The summed E-state index contributed by atoms with van der Waals surface area (Å²) in [5.74, 6) is 1.72. The molecular formula is C16H19N3O. The molecule has 0 aliphatic carbocycles. The van der Waals surface area contributed by atoms with Crippen LogP contribution in [0.2, 0.25) is 0 Å². The van der Waals surface area contributed by atoms with E-state index in [1.54, 1.807) is 6.20 Å². The first kappa shape index (κ1) is 12.9. The number of benzene rings is 1. The van der Waals surface area contributed by atoms with Crippen LogP contribution in [-0.2, 0) is 0 Å². The van der Waals surface area contributed by atoms with Gasteiger partial charge in [0.05, 0.1) is 0 Å². The van der Waals surface area contributed by atoms with Crippen LogP contribution < -0.4 is 15.0 Å². The molecule has 0 atom stereocenters. The number of aryl methyl sites for hydroxylation is 1. The van der Waals surface area contributed by atoms with Crippen LogP contribution in [-0.4, -0.2) is 31.2 Å². The minimum Gasteiger partial charge on any atom is -0.457 e. The van der Waals surface area contributed by atoms with Crippen molar-refractivity contribution in [3.63, 3.8) is 0 Å². The highest BCUT2D eigenvalue weighted by Gasteiger charge is 2.10. The highest BCUT2D eigenvalue weighted by Crippen LogP contribution is 2.26. The molecule has 1 aliphatic heterocycles. The molecule has 1 saturated heterocycles. The summed E-state index contributed by atoms with van der Waals surface area (Å²) >= 11 is 0. The number of ether oxygens (including phenoxy) is 1. The Kier molecular flexibility index (Phi) is 3.83. The molecule has 4 nitrogen and oxygen atoms in total. The number of pyridine rings is 1. The number of rotatable bonds is 3. The van der Waals surface area contributed by atoms with Gasteiger partial charge in [-0.3, -0.25) is 4.98 Å². The second-order valence-corrected chi connectivity index (χ2v) is 4.97. The average molecular weight is 269 g/mol. The van der Waals surface area contributed by atoms with E-state index >= 15 is 0 Å². The number of aromatic nitrogens is 1. The number of anilines is 1. The summed E-state index contributed by atoms with van der Waals surface area (Å²) in [7, 11) is 0. The third-order valence-electron chi connectivity index (χ3n) is 3.52. The first-order valence-corrected chi connectivity index (χ1v) is 6.97. The predicted octanol–water partition coefficient (Wildman–Crippen LogP) is 2.59. The van der Waals surface area contributed by atoms with Gasteiger partial charge < -0.3 is 15.0 Å². The first-order chi connectivity index (χ1) is 9.83. The van der Waals surface area contributed by atoms with Crippen LogP contribution in [0.3, 0.4) is 0 Å². The van der Waals surface area contributed by atoms with E-state index in [4.69, 9.17) is 4.74 Å². The zero-order valence-electron chi connectivity index (χ0n) is 11.7. The Balaban J connectivity index is 1.71. The average Bonchev–Trinajstić information content (AvgIpc) is 2.51. The maximum atomic E-state index is 5.88. The Bertz CT molecular complexity index is 562. The van der Waals surface area contributed by atoms with Gasteiger partial charge in [-0.1, -0.05) is 0 Å². The van der Waals surface area contributed by atoms with Crippen LogP contribution >= 0.6 is 0 Å². The topological polar surface area (TPSA) is 37.4 Å². The van der Waals surface area contributed by atoms with E-state index in [-0.39, 0.29) is 0 Å². The standard InChI is InChI=1S/C16H19N3O/c1-13-12-18-7-6-16(13)20-15-4-2-14(3-5-15)19-10-8-17-9-11-19/h2-7,12,17H,8-11H2,1H3. The van der Waals surface area contributed by atoms with Crippen LogP contribution in [0.4, 0.5) is 5.69 Å². The Morgan fingerprint density at radius 1 is 1.10 bits per heavy atom. The second kappa shape index (κ2) is 5.92. The Morgan fingerprint density at radius 3 is 2.55 bits per heavy atom. The molecule has 0 radical (unpaired) electrons. The molecule has 0 bridgehead atoms. The van der Waals surface area contributed by atoms with Crippen molar-refractivity contribution >= 4 is 5.69 Å². The van der Waals surface area contributed by atoms with Crippen molar-refractivity contribution in [2.24, 2.45) is 0 Å². The Labute approximate surface area is 119 Å². The van der Waals surface area contributed by atoms with E-state index in [9.17, 15) is 0 Å². The fourth-order valence-electron chi connectivity index (χ4n) is 2.35. The van der Waals surface area contributed by atoms with Gasteiger partial charge in [0.1, 0.15) is 11.5 Å². The van der Waals surface area contributed by atoms with E-state index in [1.165, 1.54) is 5.69 Å². The van der Waals surface area contributed by atoms with Crippen LogP contribution in [0.15, 0.2) is 42.7 Å². The van der Waals surface area contributed by atoms with Crippen molar-refractivity contribution in [3.8, 4) is 11.5 Å². The van der Waals surface area contributed by atoms with Crippen molar-refractivity contribution in [1.82, 2.24) is 10.3 Å². The van der Waals surface area contributed by atoms with Gasteiger partial charge >= 0.3 is 0 Å². The molecule has 1 aromatic heterocycles. The van der Waals surface area contributed by atoms with Gasteiger partial charge in [0, 0.05) is 49.8 Å². The van der Waals surface area contributed by atoms with E-state index in [2.05, 4.69) is 27.3 Å². The van der Waals surface area contributed by atoms with Gasteiger partial charge in [0.25, 0.3) is 0 Å². The molecule has 2 heterocycles. The molecule has 0 saturated carbocycles. The highest BCUT2D eigenvalue weighted by atomic mass is 16.5. The quantitative estimate of drug-likeness (QED) is 0.929. The molecule has 104 valence electrons. The lowest BCUT2D eigenvalue weighted by Crippen LogP contribution is -2.43. The molecule has 3 rings (SSSR count). The molecule has 2 aromatic rings. The summed E-state index contributed by atoms with van der Waals surface area (Å²) in [6, 6.07) is 10.2. The lowest BCUT2D eigenvalue weighted by Gasteiger charge is -2.29. The van der Waals surface area contributed by atoms with Crippen molar-refractivity contribution in [3.05, 3.63) is 48.3 Å². The van der Waals surface area contributed by atoms with Crippen LogP contribution in [0, 0.1) is 6.92 Å². The van der Waals surface area contributed by atoms with Crippen LogP contribution in [0.25, 0.3) is 0 Å². The molecule has 4 heteroatoms. The van der Waals surface area contributed by atoms with Crippen LogP contribution in [0.1, 0.15) is 5.56 Å². The third-order valence-corrected chi connectivity index (χ3v) is 3.52. The Hall–Kier alpha value is -2.07. The van der Waals surface area contributed by atoms with Crippen molar-refractivity contribution in [2.75, 3.05) is 31.1 Å². The van der Waals surface area contributed by atoms with E-state index in [1.807, 2.05) is 31.3 Å². The summed E-state index contributed by atoms with van der Waals surface area (Å²) in [5, 5.41) is 3.36. The van der Waals surface area contributed by atoms with E-state index in [0.29, 0.717) is 0 Å². The van der Waals surface area contributed by atoms with Gasteiger partial charge in [-0.2, -0.15) is 0 Å². The van der Waals surface area contributed by atoms with E-state index in [0.717, 1.165) is 43.2 Å². The zero-order chi connectivity index (χ0) is 13.8. The SMILES string of the molecule is Cc1cnccc1Oc1ccc(N2CCNCC2)cc1. The molecule has 1 aliphatic rings. The van der Waals surface area contributed by atoms with Gasteiger partial charge in [-0.15, -0.1) is 0 Å². The van der Waals surface area contributed by atoms with Crippen molar-refractivity contribution in [2.45, 2.75) is 6.92 Å². The summed E-state index contributed by atoms with van der Waals surface area (Å²) < 4.78 is 5.88. The minimum atomic E-state index is 0.856. The van der Waals surface area contributed by atoms with Gasteiger partial charge in [-0.05, 0) is 37.3 Å². The fraction of sp³-hybridized carbons (Fsp3) is 0.312. The third kappa shape index (κ3) is 2.91. The number of nitrogens with zero attached hydrogens (tertiary/aromatic N) is 2. The van der Waals surface area contributed by atoms with Crippen molar-refractivity contribution < 1.29 is 4.74 Å². The minimum absolute atomic E-state index is 0.856. The van der Waals surface area contributed by atoms with Gasteiger partial charge in [0.15, 0.2) is 0 Å². The fourth-order valence-corrected chi connectivity index (χ4v) is 2.35. The molecule has 0 unspecified atom stereocenters. The Morgan fingerprint density at radius 2 is 1.85 bits per heavy atom. The molecular weight excluding hydrogens is 250 g/mol. The monoisotopic (exact) mass is 269 g/mol. The largest absolute Gasteiger partial charge is 0.457 e.